The first-order valence-electron chi connectivity index (χ1n) is 6.99. The first-order chi connectivity index (χ1) is 9.98. The number of aliphatic hydroxyl groups is 1. The Labute approximate surface area is 133 Å². The molecule has 120 valence electrons. The summed E-state index contributed by atoms with van der Waals surface area (Å²) >= 11 is 3.10. The maximum absolute atomic E-state index is 12.7. The summed E-state index contributed by atoms with van der Waals surface area (Å²) in [6.45, 7) is 3.16. The molecule has 0 aliphatic carbocycles. The predicted molar refractivity (Wildman–Crippen MR) is 80.4 cm³/mol. The van der Waals surface area contributed by atoms with Gasteiger partial charge in [0.15, 0.2) is 4.67 Å². The molecule has 0 aromatic carbocycles. The van der Waals surface area contributed by atoms with Gasteiger partial charge in [0.2, 0.25) is 10.0 Å². The summed E-state index contributed by atoms with van der Waals surface area (Å²) < 4.78 is 37.7. The second kappa shape index (κ2) is 7.23. The fourth-order valence-electron chi connectivity index (χ4n) is 2.33. The van der Waals surface area contributed by atoms with Crippen molar-refractivity contribution in [2.45, 2.75) is 43.8 Å². The molecular weight excluding hydrogens is 362 g/mol. The summed E-state index contributed by atoms with van der Waals surface area (Å²) in [4.78, 5) is 0.0580. The summed E-state index contributed by atoms with van der Waals surface area (Å²) in [6.07, 6.45) is 2.50. The topological polar surface area (TPSA) is 80.0 Å². The van der Waals surface area contributed by atoms with Crippen LogP contribution in [0.2, 0.25) is 0 Å². The van der Waals surface area contributed by atoms with Crippen LogP contribution in [0.25, 0.3) is 0 Å². The van der Waals surface area contributed by atoms with Gasteiger partial charge in [-0.2, -0.15) is 4.31 Å². The SMILES string of the molecule is CCCOC1CCCN(S(=O)(=O)c2cc(CO)oc2Br)C1. The molecule has 0 bridgehead atoms. The molecule has 8 heteroatoms. The molecule has 1 aliphatic heterocycles. The standard InChI is InChI=1S/C13H20BrNO5S/c1-2-6-19-10-4-3-5-15(8-10)21(17,18)12-7-11(9-16)20-13(12)14/h7,10,16H,2-6,8-9H2,1H3. The van der Waals surface area contributed by atoms with Gasteiger partial charge in [-0.15, -0.1) is 0 Å². The zero-order chi connectivity index (χ0) is 15.5. The molecule has 1 fully saturated rings. The third-order valence-electron chi connectivity index (χ3n) is 3.38. The minimum atomic E-state index is -3.64. The Morgan fingerprint density at radius 3 is 2.95 bits per heavy atom. The van der Waals surface area contributed by atoms with Gasteiger partial charge in [-0.1, -0.05) is 6.92 Å². The second-order valence-corrected chi connectivity index (χ2v) is 7.63. The predicted octanol–water partition coefficient (Wildman–Crippen LogP) is 2.11. The highest BCUT2D eigenvalue weighted by molar-refractivity contribution is 9.10. The molecule has 1 aliphatic rings. The van der Waals surface area contributed by atoms with E-state index in [4.69, 9.17) is 14.3 Å². The van der Waals surface area contributed by atoms with Gasteiger partial charge >= 0.3 is 0 Å². The molecule has 1 atom stereocenters. The van der Waals surface area contributed by atoms with Crippen molar-refractivity contribution in [3.8, 4) is 0 Å². The van der Waals surface area contributed by atoms with E-state index in [2.05, 4.69) is 15.9 Å². The van der Waals surface area contributed by atoms with E-state index in [9.17, 15) is 8.42 Å². The van der Waals surface area contributed by atoms with E-state index in [-0.39, 0.29) is 28.0 Å². The quantitative estimate of drug-likeness (QED) is 0.815. The molecular formula is C13H20BrNO5S. The van der Waals surface area contributed by atoms with Crippen molar-refractivity contribution in [3.63, 3.8) is 0 Å². The maximum atomic E-state index is 12.7. The van der Waals surface area contributed by atoms with E-state index in [0.29, 0.717) is 19.7 Å². The Morgan fingerprint density at radius 1 is 1.57 bits per heavy atom. The molecule has 1 unspecified atom stereocenters. The Morgan fingerprint density at radius 2 is 2.33 bits per heavy atom. The van der Waals surface area contributed by atoms with Gasteiger partial charge < -0.3 is 14.3 Å². The maximum Gasteiger partial charge on any atom is 0.247 e. The lowest BCUT2D eigenvalue weighted by atomic mass is 10.1. The van der Waals surface area contributed by atoms with Crippen LogP contribution in [0.5, 0.6) is 0 Å². The zero-order valence-electron chi connectivity index (χ0n) is 11.9. The monoisotopic (exact) mass is 381 g/mol. The molecule has 6 nitrogen and oxygen atoms in total. The lowest BCUT2D eigenvalue weighted by Crippen LogP contribution is -2.43. The highest BCUT2D eigenvalue weighted by atomic mass is 79.9. The Bertz CT molecular complexity index is 571. The van der Waals surface area contributed by atoms with Crippen LogP contribution >= 0.6 is 15.9 Å². The van der Waals surface area contributed by atoms with E-state index in [1.807, 2.05) is 6.92 Å². The minimum absolute atomic E-state index is 0.0580. The third kappa shape index (κ3) is 3.87. The highest BCUT2D eigenvalue weighted by Crippen LogP contribution is 2.30. The number of piperidine rings is 1. The van der Waals surface area contributed by atoms with Gasteiger partial charge in [-0.3, -0.25) is 0 Å². The molecule has 0 saturated carbocycles. The summed E-state index contributed by atoms with van der Waals surface area (Å²) in [6, 6.07) is 1.36. The third-order valence-corrected chi connectivity index (χ3v) is 6.10. The zero-order valence-corrected chi connectivity index (χ0v) is 14.3. The van der Waals surface area contributed by atoms with Crippen molar-refractivity contribution in [1.82, 2.24) is 4.31 Å². The fraction of sp³-hybridized carbons (Fsp3) is 0.692. The number of hydrogen-bond donors (Lipinski definition) is 1. The molecule has 1 aromatic heterocycles. The number of furan rings is 1. The molecule has 1 N–H and O–H groups in total. The molecule has 1 saturated heterocycles. The van der Waals surface area contributed by atoms with E-state index in [1.54, 1.807) is 0 Å². The van der Waals surface area contributed by atoms with Crippen LogP contribution in [0.4, 0.5) is 0 Å². The number of rotatable bonds is 6. The highest BCUT2D eigenvalue weighted by Gasteiger charge is 2.33. The fourth-order valence-corrected chi connectivity index (χ4v) is 4.81. The molecule has 1 aromatic rings. The lowest BCUT2D eigenvalue weighted by Gasteiger charge is -2.31. The molecule has 21 heavy (non-hydrogen) atoms. The number of nitrogens with zero attached hydrogens (tertiary/aromatic N) is 1. The van der Waals surface area contributed by atoms with Crippen molar-refractivity contribution < 1.29 is 22.7 Å². The number of halogens is 1. The normalized spacial score (nSPS) is 20.8. The van der Waals surface area contributed by atoms with E-state index < -0.39 is 10.0 Å². The summed E-state index contributed by atoms with van der Waals surface area (Å²) in [7, 11) is -3.64. The molecule has 2 heterocycles. The van der Waals surface area contributed by atoms with Gasteiger partial charge in [-0.25, -0.2) is 8.42 Å². The van der Waals surface area contributed by atoms with E-state index in [0.717, 1.165) is 19.3 Å². The average molecular weight is 382 g/mol. The van der Waals surface area contributed by atoms with Crippen LogP contribution in [0, 0.1) is 0 Å². The summed E-state index contributed by atoms with van der Waals surface area (Å²) in [5.74, 6) is 0.219. The minimum Gasteiger partial charge on any atom is -0.450 e. The Balaban J connectivity index is 2.16. The summed E-state index contributed by atoms with van der Waals surface area (Å²) in [5, 5.41) is 9.05. The van der Waals surface area contributed by atoms with E-state index >= 15 is 0 Å². The van der Waals surface area contributed by atoms with Crippen molar-refractivity contribution in [2.24, 2.45) is 0 Å². The van der Waals surface area contributed by atoms with Crippen LogP contribution in [-0.2, 0) is 21.4 Å². The number of ether oxygens (including phenoxy) is 1. The van der Waals surface area contributed by atoms with Crippen LogP contribution in [0.15, 0.2) is 20.0 Å². The smallest absolute Gasteiger partial charge is 0.247 e. The molecule has 0 amide bonds. The molecule has 0 spiro atoms. The van der Waals surface area contributed by atoms with Crippen LogP contribution in [0.3, 0.4) is 0 Å². The largest absolute Gasteiger partial charge is 0.450 e. The molecule has 0 radical (unpaired) electrons. The second-order valence-electron chi connectivity index (χ2n) is 5.01. The van der Waals surface area contributed by atoms with Gasteiger partial charge in [0, 0.05) is 25.8 Å². The van der Waals surface area contributed by atoms with Crippen LogP contribution < -0.4 is 0 Å². The first kappa shape index (κ1) is 17.0. The van der Waals surface area contributed by atoms with E-state index in [1.165, 1.54) is 10.4 Å². The van der Waals surface area contributed by atoms with Gasteiger partial charge in [0.1, 0.15) is 17.3 Å². The Hall–Kier alpha value is -0.410. The average Bonchev–Trinajstić information content (AvgIpc) is 2.87. The molecule has 2 rings (SSSR count). The van der Waals surface area contributed by atoms with Crippen LogP contribution in [-0.4, -0.2) is 43.6 Å². The van der Waals surface area contributed by atoms with Gasteiger partial charge in [0.25, 0.3) is 0 Å². The van der Waals surface area contributed by atoms with Crippen molar-refractivity contribution >= 4 is 26.0 Å². The van der Waals surface area contributed by atoms with Crippen molar-refractivity contribution in [3.05, 3.63) is 16.5 Å². The van der Waals surface area contributed by atoms with Crippen molar-refractivity contribution in [1.29, 1.82) is 0 Å². The number of hydrogen-bond acceptors (Lipinski definition) is 5. The van der Waals surface area contributed by atoms with Gasteiger partial charge in [-0.05, 0) is 35.2 Å². The number of sulfonamides is 1. The van der Waals surface area contributed by atoms with Crippen LogP contribution in [0.1, 0.15) is 31.9 Å². The summed E-state index contributed by atoms with van der Waals surface area (Å²) in [5.41, 5.74) is 0. The van der Waals surface area contributed by atoms with Gasteiger partial charge in [0.05, 0.1) is 6.10 Å². The van der Waals surface area contributed by atoms with Crippen molar-refractivity contribution in [2.75, 3.05) is 19.7 Å². The lowest BCUT2D eigenvalue weighted by molar-refractivity contribution is 0.0193. The first-order valence-corrected chi connectivity index (χ1v) is 9.23. The Kier molecular flexibility index (Phi) is 5.84. The number of aliphatic hydroxyl groups excluding tert-OH is 1.